The van der Waals surface area contributed by atoms with Gasteiger partial charge in [-0.2, -0.15) is 15.0 Å². The van der Waals surface area contributed by atoms with E-state index in [1.165, 1.54) is 0 Å². The molecule has 0 saturated heterocycles. The molecule has 21 heavy (non-hydrogen) atoms. The fourth-order valence-corrected chi connectivity index (χ4v) is 1.75. The molecule has 0 saturated carbocycles. The molecule has 120 valence electrons. The van der Waals surface area contributed by atoms with Gasteiger partial charge >= 0.3 is 6.01 Å². The minimum absolute atomic E-state index is 0.0517. The molecule has 0 spiro atoms. The average Bonchev–Trinajstić information content (AvgIpc) is 2.33. The fourth-order valence-electron chi connectivity index (χ4n) is 1.75. The second-order valence-electron chi connectivity index (χ2n) is 6.38. The van der Waals surface area contributed by atoms with Gasteiger partial charge in [0.2, 0.25) is 11.9 Å². The molecular formula is C13H26N6O2. The normalized spacial score (nSPS) is 13.1. The first-order valence-electron chi connectivity index (χ1n) is 7.01. The third kappa shape index (κ3) is 7.05. The number of hydrazine groups is 1. The maximum Gasteiger partial charge on any atom is 0.323 e. The number of aromatic nitrogens is 3. The van der Waals surface area contributed by atoms with E-state index in [9.17, 15) is 5.11 Å². The van der Waals surface area contributed by atoms with Crippen LogP contribution in [-0.2, 0) is 0 Å². The Balaban J connectivity index is 2.69. The quantitative estimate of drug-likeness (QED) is 0.437. The molecule has 0 fully saturated rings. The van der Waals surface area contributed by atoms with Gasteiger partial charge in [-0.25, -0.2) is 5.84 Å². The summed E-state index contributed by atoms with van der Waals surface area (Å²) < 4.78 is 5.42. The summed E-state index contributed by atoms with van der Waals surface area (Å²) in [5.41, 5.74) is 2.41. The van der Waals surface area contributed by atoms with Crippen LogP contribution in [0.4, 0.5) is 11.9 Å². The largest absolute Gasteiger partial charge is 0.461 e. The molecule has 0 aliphatic carbocycles. The molecule has 1 atom stereocenters. The Kier molecular flexibility index (Phi) is 6.10. The lowest BCUT2D eigenvalue weighted by Crippen LogP contribution is -2.26. The Morgan fingerprint density at radius 3 is 2.33 bits per heavy atom. The highest BCUT2D eigenvalue weighted by molar-refractivity contribution is 5.35. The van der Waals surface area contributed by atoms with E-state index in [1.807, 2.05) is 13.8 Å². The molecule has 8 nitrogen and oxygen atoms in total. The summed E-state index contributed by atoms with van der Waals surface area (Å²) in [7, 11) is 0. The van der Waals surface area contributed by atoms with Crippen molar-refractivity contribution in [1.29, 1.82) is 0 Å². The highest BCUT2D eigenvalue weighted by atomic mass is 16.5. The highest BCUT2D eigenvalue weighted by Crippen LogP contribution is 2.21. The van der Waals surface area contributed by atoms with Gasteiger partial charge in [0.25, 0.3) is 0 Å². The zero-order chi connectivity index (χ0) is 16.0. The molecule has 1 aromatic rings. The molecule has 0 aliphatic rings. The molecule has 1 aromatic heterocycles. The van der Waals surface area contributed by atoms with Gasteiger partial charge in [-0.15, -0.1) is 0 Å². The van der Waals surface area contributed by atoms with Crippen molar-refractivity contribution in [3.63, 3.8) is 0 Å². The molecule has 0 aliphatic heterocycles. The summed E-state index contributed by atoms with van der Waals surface area (Å²) >= 11 is 0. The van der Waals surface area contributed by atoms with Crippen molar-refractivity contribution in [2.45, 2.75) is 53.2 Å². The van der Waals surface area contributed by atoms with Gasteiger partial charge in [0.15, 0.2) is 0 Å². The summed E-state index contributed by atoms with van der Waals surface area (Å²) in [5.74, 6) is 5.83. The van der Waals surface area contributed by atoms with Crippen molar-refractivity contribution in [2.75, 3.05) is 17.3 Å². The van der Waals surface area contributed by atoms with Crippen LogP contribution in [-0.4, -0.2) is 38.8 Å². The number of aliphatic hydroxyl groups is 1. The second kappa shape index (κ2) is 7.37. The van der Waals surface area contributed by atoms with E-state index in [-0.39, 0.29) is 23.5 Å². The molecular weight excluding hydrogens is 272 g/mol. The number of anilines is 2. The van der Waals surface area contributed by atoms with Crippen molar-refractivity contribution in [3.8, 4) is 6.01 Å². The summed E-state index contributed by atoms with van der Waals surface area (Å²) in [4.78, 5) is 12.2. The van der Waals surface area contributed by atoms with E-state index in [0.29, 0.717) is 18.9 Å². The number of nitrogen functional groups attached to an aromatic ring is 1. The maximum atomic E-state index is 9.98. The van der Waals surface area contributed by atoms with E-state index in [1.54, 1.807) is 0 Å². The third-order valence-electron chi connectivity index (χ3n) is 2.43. The van der Waals surface area contributed by atoms with Gasteiger partial charge in [-0.05, 0) is 25.7 Å². The summed E-state index contributed by atoms with van der Waals surface area (Å²) in [6, 6.07) is 0.181. The molecule has 0 aromatic carbocycles. The first-order valence-corrected chi connectivity index (χ1v) is 7.01. The van der Waals surface area contributed by atoms with Crippen LogP contribution in [0.15, 0.2) is 0 Å². The van der Waals surface area contributed by atoms with Crippen molar-refractivity contribution in [3.05, 3.63) is 0 Å². The molecule has 0 amide bonds. The van der Waals surface area contributed by atoms with Gasteiger partial charge in [-0.3, -0.25) is 5.43 Å². The van der Waals surface area contributed by atoms with Crippen LogP contribution in [0.25, 0.3) is 0 Å². The van der Waals surface area contributed by atoms with E-state index in [0.717, 1.165) is 0 Å². The number of hydrogen-bond acceptors (Lipinski definition) is 8. The van der Waals surface area contributed by atoms with Crippen LogP contribution < -0.4 is 21.3 Å². The molecule has 5 N–H and O–H groups in total. The Labute approximate surface area is 125 Å². The third-order valence-corrected chi connectivity index (χ3v) is 2.43. The van der Waals surface area contributed by atoms with Crippen LogP contribution in [0.1, 0.15) is 41.0 Å². The summed E-state index contributed by atoms with van der Waals surface area (Å²) in [5, 5.41) is 12.9. The van der Waals surface area contributed by atoms with Gasteiger partial charge in [0.1, 0.15) is 0 Å². The number of nitrogens with two attached hydrogens (primary N) is 1. The van der Waals surface area contributed by atoms with Gasteiger partial charge in [-0.1, -0.05) is 20.8 Å². The minimum Gasteiger partial charge on any atom is -0.461 e. The topological polar surface area (TPSA) is 118 Å². The van der Waals surface area contributed by atoms with E-state index in [4.69, 9.17) is 10.6 Å². The maximum absolute atomic E-state index is 9.98. The molecule has 0 bridgehead atoms. The number of rotatable bonds is 7. The lowest BCUT2D eigenvalue weighted by Gasteiger charge is -2.22. The zero-order valence-electron chi connectivity index (χ0n) is 13.3. The molecule has 1 unspecified atom stereocenters. The summed E-state index contributed by atoms with van der Waals surface area (Å²) in [6.45, 7) is 10.3. The highest BCUT2D eigenvalue weighted by Gasteiger charge is 2.17. The van der Waals surface area contributed by atoms with Gasteiger partial charge < -0.3 is 15.2 Å². The van der Waals surface area contributed by atoms with Crippen LogP contribution in [0.3, 0.4) is 0 Å². The average molecular weight is 298 g/mol. The smallest absolute Gasteiger partial charge is 0.323 e. The number of hydrogen-bond donors (Lipinski definition) is 4. The van der Waals surface area contributed by atoms with Crippen molar-refractivity contribution < 1.29 is 9.84 Å². The van der Waals surface area contributed by atoms with Gasteiger partial charge in [0, 0.05) is 6.54 Å². The molecule has 0 radical (unpaired) electrons. The van der Waals surface area contributed by atoms with Gasteiger partial charge in [0.05, 0.1) is 12.2 Å². The predicted octanol–water partition coefficient (Wildman–Crippen LogP) is 1.15. The van der Waals surface area contributed by atoms with Crippen LogP contribution in [0.2, 0.25) is 0 Å². The predicted molar refractivity (Wildman–Crippen MR) is 82.0 cm³/mol. The molecule has 1 rings (SSSR count). The van der Waals surface area contributed by atoms with E-state index in [2.05, 4.69) is 46.5 Å². The van der Waals surface area contributed by atoms with E-state index < -0.39 is 6.10 Å². The SMILES string of the molecule is CC(C)Oc1nc(NN)nc(NCC(O)CC(C)(C)C)n1. The fraction of sp³-hybridized carbons (Fsp3) is 0.769. The van der Waals surface area contributed by atoms with E-state index >= 15 is 0 Å². The minimum atomic E-state index is -0.495. The summed E-state index contributed by atoms with van der Waals surface area (Å²) in [6.07, 6.45) is 0.116. The zero-order valence-corrected chi connectivity index (χ0v) is 13.3. The molecule has 1 heterocycles. The van der Waals surface area contributed by atoms with Crippen LogP contribution in [0.5, 0.6) is 6.01 Å². The lowest BCUT2D eigenvalue weighted by atomic mass is 9.89. The lowest BCUT2D eigenvalue weighted by molar-refractivity contribution is 0.132. The van der Waals surface area contributed by atoms with Crippen LogP contribution in [0, 0.1) is 5.41 Å². The number of nitrogens with zero attached hydrogens (tertiary/aromatic N) is 3. The van der Waals surface area contributed by atoms with Crippen molar-refractivity contribution in [1.82, 2.24) is 15.0 Å². The first kappa shape index (κ1) is 17.4. The number of aliphatic hydroxyl groups excluding tert-OH is 1. The van der Waals surface area contributed by atoms with Crippen molar-refractivity contribution in [2.24, 2.45) is 11.3 Å². The molecule has 8 heteroatoms. The Hall–Kier alpha value is -1.67. The van der Waals surface area contributed by atoms with Crippen molar-refractivity contribution >= 4 is 11.9 Å². The first-order chi connectivity index (χ1) is 9.69. The number of ether oxygens (including phenoxy) is 1. The second-order valence-corrected chi connectivity index (χ2v) is 6.38. The standard InChI is InChI=1S/C13H26N6O2/c1-8(2)21-12-17-10(16-11(18-12)19-14)15-7-9(20)6-13(3,4)5/h8-9,20H,6-7,14H2,1-5H3,(H2,15,16,17,18,19). The Morgan fingerprint density at radius 1 is 1.19 bits per heavy atom. The Morgan fingerprint density at radius 2 is 1.81 bits per heavy atom. The van der Waals surface area contributed by atoms with Crippen LogP contribution >= 0.6 is 0 Å². The monoisotopic (exact) mass is 298 g/mol. The number of nitrogens with one attached hydrogen (secondary N) is 2. The Bertz CT molecular complexity index is 447.